The van der Waals surface area contributed by atoms with Gasteiger partial charge in [-0.1, -0.05) is 18.0 Å². The lowest BCUT2D eigenvalue weighted by Gasteiger charge is -2.28. The van der Waals surface area contributed by atoms with Crippen LogP contribution in [0.25, 0.3) is 0 Å². The van der Waals surface area contributed by atoms with Crippen LogP contribution in [-0.4, -0.2) is 34.5 Å². The molecule has 0 atom stereocenters. The van der Waals surface area contributed by atoms with E-state index in [2.05, 4.69) is 10.5 Å². The molecule has 0 spiro atoms. The summed E-state index contributed by atoms with van der Waals surface area (Å²) < 4.78 is 0. The van der Waals surface area contributed by atoms with E-state index in [0.717, 1.165) is 31.4 Å². The van der Waals surface area contributed by atoms with E-state index in [-0.39, 0.29) is 11.7 Å². The topological polar surface area (TPSA) is 87.7 Å². The van der Waals surface area contributed by atoms with Crippen molar-refractivity contribution in [1.29, 1.82) is 0 Å². The Bertz CT molecular complexity index is 275. The number of rotatable bonds is 5. The molecule has 0 aromatic heterocycles. The van der Waals surface area contributed by atoms with Gasteiger partial charge in [-0.05, 0) is 19.1 Å². The van der Waals surface area contributed by atoms with Crippen molar-refractivity contribution in [3.8, 4) is 0 Å². The molecule has 4 N–H and O–H groups in total. The van der Waals surface area contributed by atoms with Gasteiger partial charge in [-0.3, -0.25) is 4.79 Å². The molecule has 92 valence electrons. The molecule has 1 saturated carbocycles. The highest BCUT2D eigenvalue weighted by atomic mass is 32.2. The van der Waals surface area contributed by atoms with Gasteiger partial charge in [0.2, 0.25) is 5.91 Å². The standard InChI is InChI=1S/C10H19N3O2S/c1-16-7-4-8(14)12-10(9(11)13-15)5-2-3-6-10/h15H,2-7H2,1H3,(H2,11,13)(H,12,14). The molecule has 16 heavy (non-hydrogen) atoms. The van der Waals surface area contributed by atoms with Crippen LogP contribution in [0.1, 0.15) is 32.1 Å². The van der Waals surface area contributed by atoms with Crippen LogP contribution in [0, 0.1) is 0 Å². The summed E-state index contributed by atoms with van der Waals surface area (Å²) in [6.07, 6.45) is 5.95. The van der Waals surface area contributed by atoms with Crippen molar-refractivity contribution in [3.63, 3.8) is 0 Å². The van der Waals surface area contributed by atoms with E-state index < -0.39 is 5.54 Å². The van der Waals surface area contributed by atoms with Crippen LogP contribution in [0.15, 0.2) is 5.16 Å². The minimum atomic E-state index is -0.607. The van der Waals surface area contributed by atoms with Gasteiger partial charge < -0.3 is 16.3 Å². The molecule has 0 unspecified atom stereocenters. The zero-order chi connectivity index (χ0) is 12.0. The average molecular weight is 245 g/mol. The van der Waals surface area contributed by atoms with E-state index in [0.29, 0.717) is 6.42 Å². The van der Waals surface area contributed by atoms with Crippen LogP contribution >= 0.6 is 11.8 Å². The van der Waals surface area contributed by atoms with Crippen LogP contribution in [0.5, 0.6) is 0 Å². The molecule has 0 saturated heterocycles. The fraction of sp³-hybridized carbons (Fsp3) is 0.800. The Morgan fingerprint density at radius 2 is 2.19 bits per heavy atom. The number of carbonyl (C=O) groups excluding carboxylic acids is 1. The molecule has 0 aromatic carbocycles. The summed E-state index contributed by atoms with van der Waals surface area (Å²) in [4.78, 5) is 11.7. The molecular formula is C10H19N3O2S. The van der Waals surface area contributed by atoms with Crippen molar-refractivity contribution in [3.05, 3.63) is 0 Å². The highest BCUT2D eigenvalue weighted by Gasteiger charge is 2.39. The number of amidine groups is 1. The third kappa shape index (κ3) is 3.04. The molecule has 1 aliphatic carbocycles. The highest BCUT2D eigenvalue weighted by Crippen LogP contribution is 2.30. The van der Waals surface area contributed by atoms with Gasteiger partial charge in [0.1, 0.15) is 5.54 Å². The summed E-state index contributed by atoms with van der Waals surface area (Å²) >= 11 is 1.63. The molecule has 0 bridgehead atoms. The molecule has 1 rings (SSSR count). The second kappa shape index (κ2) is 5.98. The summed E-state index contributed by atoms with van der Waals surface area (Å²) in [5, 5.41) is 14.7. The molecule has 0 aliphatic heterocycles. The lowest BCUT2D eigenvalue weighted by molar-refractivity contribution is -0.121. The maximum Gasteiger partial charge on any atom is 0.221 e. The summed E-state index contributed by atoms with van der Waals surface area (Å²) in [5.74, 6) is 0.892. The summed E-state index contributed by atoms with van der Waals surface area (Å²) in [6, 6.07) is 0. The number of nitrogens with two attached hydrogens (primary N) is 1. The van der Waals surface area contributed by atoms with Crippen molar-refractivity contribution in [2.75, 3.05) is 12.0 Å². The molecule has 6 heteroatoms. The minimum absolute atomic E-state index is 0.0251. The van der Waals surface area contributed by atoms with Crippen LogP contribution < -0.4 is 11.1 Å². The number of amides is 1. The normalized spacial score (nSPS) is 19.7. The molecule has 0 aromatic rings. The Balaban J connectivity index is 2.61. The maximum atomic E-state index is 11.7. The molecule has 1 fully saturated rings. The minimum Gasteiger partial charge on any atom is -0.409 e. The van der Waals surface area contributed by atoms with Crippen molar-refractivity contribution in [1.82, 2.24) is 5.32 Å². The van der Waals surface area contributed by atoms with Gasteiger partial charge in [-0.15, -0.1) is 0 Å². The second-order valence-corrected chi connectivity index (χ2v) is 5.05. The van der Waals surface area contributed by atoms with Crippen LogP contribution in [0.3, 0.4) is 0 Å². The molecule has 5 nitrogen and oxygen atoms in total. The first-order chi connectivity index (χ1) is 7.64. The van der Waals surface area contributed by atoms with Gasteiger partial charge in [0.05, 0.1) is 0 Å². The monoisotopic (exact) mass is 245 g/mol. The summed E-state index contributed by atoms with van der Waals surface area (Å²) in [7, 11) is 0. The molecule has 0 heterocycles. The largest absolute Gasteiger partial charge is 0.409 e. The number of nitrogens with zero attached hydrogens (tertiary/aromatic N) is 1. The Morgan fingerprint density at radius 1 is 1.56 bits per heavy atom. The smallest absolute Gasteiger partial charge is 0.221 e. The maximum absolute atomic E-state index is 11.7. The van der Waals surface area contributed by atoms with E-state index in [9.17, 15) is 4.79 Å². The Labute approximate surface area is 99.8 Å². The second-order valence-electron chi connectivity index (χ2n) is 4.07. The van der Waals surface area contributed by atoms with E-state index in [1.165, 1.54) is 0 Å². The van der Waals surface area contributed by atoms with Crippen LogP contribution in [0.2, 0.25) is 0 Å². The first-order valence-corrected chi connectivity index (χ1v) is 6.82. The number of nitrogens with one attached hydrogen (secondary N) is 1. The fourth-order valence-corrected chi connectivity index (χ4v) is 2.43. The third-order valence-corrected chi connectivity index (χ3v) is 3.58. The Kier molecular flexibility index (Phi) is 4.92. The average Bonchev–Trinajstić information content (AvgIpc) is 2.75. The molecular weight excluding hydrogens is 226 g/mol. The van der Waals surface area contributed by atoms with Gasteiger partial charge in [-0.2, -0.15) is 11.8 Å². The molecule has 1 aliphatic rings. The van der Waals surface area contributed by atoms with Crippen molar-refractivity contribution >= 4 is 23.5 Å². The quantitative estimate of drug-likeness (QED) is 0.291. The predicted octanol–water partition coefficient (Wildman–Crippen LogP) is 0.915. The fourth-order valence-electron chi connectivity index (χ4n) is 2.04. The first-order valence-electron chi connectivity index (χ1n) is 5.42. The number of carbonyl (C=O) groups is 1. The number of hydrogen-bond acceptors (Lipinski definition) is 4. The van der Waals surface area contributed by atoms with Crippen LogP contribution in [0.4, 0.5) is 0 Å². The van der Waals surface area contributed by atoms with Gasteiger partial charge >= 0.3 is 0 Å². The zero-order valence-electron chi connectivity index (χ0n) is 9.53. The zero-order valence-corrected chi connectivity index (χ0v) is 10.3. The van der Waals surface area contributed by atoms with Crippen molar-refractivity contribution < 1.29 is 10.0 Å². The third-order valence-electron chi connectivity index (χ3n) is 2.97. The lowest BCUT2D eigenvalue weighted by atomic mass is 9.96. The SMILES string of the molecule is CSCCC(=O)NC1(C(N)=NO)CCCC1. The van der Waals surface area contributed by atoms with E-state index >= 15 is 0 Å². The van der Waals surface area contributed by atoms with E-state index in [1.807, 2.05) is 6.26 Å². The van der Waals surface area contributed by atoms with Crippen LogP contribution in [-0.2, 0) is 4.79 Å². The molecule has 1 amide bonds. The summed E-state index contributed by atoms with van der Waals surface area (Å²) in [6.45, 7) is 0. The van der Waals surface area contributed by atoms with E-state index in [1.54, 1.807) is 11.8 Å². The number of thioether (sulfide) groups is 1. The van der Waals surface area contributed by atoms with Crippen molar-refractivity contribution in [2.24, 2.45) is 10.9 Å². The Morgan fingerprint density at radius 3 is 2.69 bits per heavy atom. The van der Waals surface area contributed by atoms with Gasteiger partial charge in [-0.25, -0.2) is 0 Å². The lowest BCUT2D eigenvalue weighted by Crippen LogP contribution is -2.55. The highest BCUT2D eigenvalue weighted by molar-refractivity contribution is 7.98. The van der Waals surface area contributed by atoms with Crippen molar-refractivity contribution in [2.45, 2.75) is 37.6 Å². The van der Waals surface area contributed by atoms with Gasteiger partial charge in [0.25, 0.3) is 0 Å². The molecule has 0 radical (unpaired) electrons. The number of hydrogen-bond donors (Lipinski definition) is 3. The first kappa shape index (κ1) is 13.2. The van der Waals surface area contributed by atoms with Gasteiger partial charge in [0, 0.05) is 12.2 Å². The van der Waals surface area contributed by atoms with Gasteiger partial charge in [0.15, 0.2) is 5.84 Å². The number of oxime groups is 1. The van der Waals surface area contributed by atoms with E-state index in [4.69, 9.17) is 10.9 Å². The predicted molar refractivity (Wildman–Crippen MR) is 65.7 cm³/mol. The summed E-state index contributed by atoms with van der Waals surface area (Å²) in [5.41, 5.74) is 5.06. The Hall–Kier alpha value is -0.910.